The number of nitriles is 1. The average Bonchev–Trinajstić information content (AvgIpc) is 2.53. The summed E-state index contributed by atoms with van der Waals surface area (Å²) >= 11 is 0. The van der Waals surface area contributed by atoms with E-state index in [0.29, 0.717) is 16.2 Å². The molecule has 2 aromatic rings. The number of methoxy groups -OCH3 is 1. The fraction of sp³-hybridized carbons (Fsp3) is 0.188. The van der Waals surface area contributed by atoms with Gasteiger partial charge in [0.2, 0.25) is 0 Å². The summed E-state index contributed by atoms with van der Waals surface area (Å²) in [5, 5.41) is 9.32. The standard InChI is InChI=1S/C16H16N2O2S/c1-20-14-10-8-13(9-11-14)16(12-17)18-21(2,19)15-6-4-3-5-7-15/h3-11,16H,1-2H3. The predicted molar refractivity (Wildman–Crippen MR) is 82.6 cm³/mol. The predicted octanol–water partition coefficient (Wildman–Crippen LogP) is 3.42. The molecule has 0 aromatic heterocycles. The summed E-state index contributed by atoms with van der Waals surface area (Å²) in [5.41, 5.74) is 0.698. The lowest BCUT2D eigenvalue weighted by molar-refractivity contribution is 0.414. The summed E-state index contributed by atoms with van der Waals surface area (Å²) in [5.74, 6) is 0.704. The largest absolute Gasteiger partial charge is 0.497 e. The molecule has 0 saturated heterocycles. The van der Waals surface area contributed by atoms with Crippen molar-refractivity contribution in [2.45, 2.75) is 10.9 Å². The Kier molecular flexibility index (Phi) is 4.61. The third kappa shape index (κ3) is 3.61. The van der Waals surface area contributed by atoms with E-state index in [4.69, 9.17) is 4.74 Å². The van der Waals surface area contributed by atoms with Crippen LogP contribution in [0.1, 0.15) is 11.6 Å². The first-order valence-corrected chi connectivity index (χ1v) is 8.29. The Bertz CT molecular complexity index is 755. The van der Waals surface area contributed by atoms with Crippen molar-refractivity contribution in [2.24, 2.45) is 4.36 Å². The third-order valence-corrected chi connectivity index (χ3v) is 4.80. The molecular formula is C16H16N2O2S. The van der Waals surface area contributed by atoms with Crippen LogP contribution < -0.4 is 4.74 Å². The minimum absolute atomic E-state index is 0.624. The van der Waals surface area contributed by atoms with E-state index in [1.165, 1.54) is 0 Å². The molecule has 0 amide bonds. The molecule has 0 radical (unpaired) electrons. The molecule has 2 aromatic carbocycles. The lowest BCUT2D eigenvalue weighted by Crippen LogP contribution is -2.02. The first kappa shape index (κ1) is 15.1. The molecule has 0 aliphatic rings. The zero-order chi connectivity index (χ0) is 15.3. The first-order chi connectivity index (χ1) is 10.1. The van der Waals surface area contributed by atoms with Crippen molar-refractivity contribution in [3.8, 4) is 11.8 Å². The second-order valence-corrected chi connectivity index (χ2v) is 6.81. The zero-order valence-corrected chi connectivity index (χ0v) is 12.7. The Labute approximate surface area is 125 Å². The van der Waals surface area contributed by atoms with Crippen molar-refractivity contribution < 1.29 is 8.95 Å². The maximum atomic E-state index is 12.7. The summed E-state index contributed by atoms with van der Waals surface area (Å²) in [6.45, 7) is 0. The highest BCUT2D eigenvalue weighted by Gasteiger charge is 2.13. The molecule has 108 valence electrons. The Morgan fingerprint density at radius 1 is 1.14 bits per heavy atom. The maximum absolute atomic E-state index is 12.7. The van der Waals surface area contributed by atoms with Gasteiger partial charge in [-0.3, -0.25) is 0 Å². The van der Waals surface area contributed by atoms with Gasteiger partial charge in [0.05, 0.1) is 22.9 Å². The van der Waals surface area contributed by atoms with Gasteiger partial charge in [0, 0.05) is 11.2 Å². The van der Waals surface area contributed by atoms with Gasteiger partial charge in [-0.05, 0) is 29.8 Å². The van der Waals surface area contributed by atoms with Gasteiger partial charge in [0.25, 0.3) is 0 Å². The number of hydrogen-bond acceptors (Lipinski definition) is 4. The van der Waals surface area contributed by atoms with Crippen molar-refractivity contribution in [3.63, 3.8) is 0 Å². The van der Waals surface area contributed by atoms with E-state index in [0.717, 1.165) is 0 Å². The minimum Gasteiger partial charge on any atom is -0.497 e. The van der Waals surface area contributed by atoms with Gasteiger partial charge < -0.3 is 4.74 Å². The summed E-state index contributed by atoms with van der Waals surface area (Å²) in [6.07, 6.45) is 1.55. The Hall–Kier alpha value is -2.32. The van der Waals surface area contributed by atoms with E-state index < -0.39 is 15.8 Å². The van der Waals surface area contributed by atoms with Gasteiger partial charge in [0.1, 0.15) is 5.75 Å². The molecule has 21 heavy (non-hydrogen) atoms. The van der Waals surface area contributed by atoms with Gasteiger partial charge in [-0.25, -0.2) is 8.57 Å². The molecule has 0 aliphatic heterocycles. The summed E-state index contributed by atoms with van der Waals surface area (Å²) in [6, 6.07) is 17.3. The normalized spacial score (nSPS) is 14.5. The van der Waals surface area contributed by atoms with Gasteiger partial charge in [-0.2, -0.15) is 5.26 Å². The van der Waals surface area contributed by atoms with Crippen LogP contribution in [0.25, 0.3) is 0 Å². The van der Waals surface area contributed by atoms with E-state index in [1.54, 1.807) is 49.8 Å². The topological polar surface area (TPSA) is 62.4 Å². The van der Waals surface area contributed by atoms with Gasteiger partial charge in [-0.1, -0.05) is 30.3 Å². The van der Waals surface area contributed by atoms with Crippen LogP contribution in [0.3, 0.4) is 0 Å². The van der Waals surface area contributed by atoms with Crippen LogP contribution in [0, 0.1) is 11.3 Å². The highest BCUT2D eigenvalue weighted by atomic mass is 32.2. The van der Waals surface area contributed by atoms with Crippen molar-refractivity contribution in [1.82, 2.24) is 0 Å². The number of rotatable bonds is 4. The lowest BCUT2D eigenvalue weighted by Gasteiger charge is -2.09. The van der Waals surface area contributed by atoms with Crippen molar-refractivity contribution in [1.29, 1.82) is 5.26 Å². The summed E-state index contributed by atoms with van der Waals surface area (Å²) in [7, 11) is -1.04. The Balaban J connectivity index is 2.40. The molecule has 0 heterocycles. The van der Waals surface area contributed by atoms with E-state index in [2.05, 4.69) is 10.4 Å². The molecule has 0 saturated carbocycles. The number of hydrogen-bond donors (Lipinski definition) is 0. The molecule has 0 N–H and O–H groups in total. The van der Waals surface area contributed by atoms with E-state index in [1.807, 2.05) is 18.2 Å². The second-order valence-electron chi connectivity index (χ2n) is 4.53. The summed E-state index contributed by atoms with van der Waals surface area (Å²) < 4.78 is 22.0. The van der Waals surface area contributed by atoms with E-state index >= 15 is 0 Å². The van der Waals surface area contributed by atoms with Gasteiger partial charge in [0.15, 0.2) is 6.04 Å². The molecule has 0 fully saturated rings. The quantitative estimate of drug-likeness (QED) is 0.869. The zero-order valence-electron chi connectivity index (χ0n) is 11.9. The van der Waals surface area contributed by atoms with Gasteiger partial charge in [-0.15, -0.1) is 0 Å². The Morgan fingerprint density at radius 3 is 2.29 bits per heavy atom. The molecule has 4 nitrogen and oxygen atoms in total. The fourth-order valence-corrected chi connectivity index (χ4v) is 3.24. The molecule has 2 atom stereocenters. The molecule has 2 unspecified atom stereocenters. The number of benzene rings is 2. The van der Waals surface area contributed by atoms with E-state index in [-0.39, 0.29) is 0 Å². The van der Waals surface area contributed by atoms with Crippen LogP contribution in [-0.4, -0.2) is 17.6 Å². The highest BCUT2D eigenvalue weighted by Crippen LogP contribution is 2.23. The smallest absolute Gasteiger partial charge is 0.171 e. The van der Waals surface area contributed by atoms with Crippen LogP contribution in [-0.2, 0) is 9.73 Å². The summed E-state index contributed by atoms with van der Waals surface area (Å²) in [4.78, 5) is 0.624. The van der Waals surface area contributed by atoms with Crippen molar-refractivity contribution in [2.75, 3.05) is 13.4 Å². The van der Waals surface area contributed by atoms with Crippen molar-refractivity contribution >= 4 is 9.73 Å². The highest BCUT2D eigenvalue weighted by molar-refractivity contribution is 7.93. The third-order valence-electron chi connectivity index (χ3n) is 3.04. The molecule has 5 heteroatoms. The van der Waals surface area contributed by atoms with Crippen LogP contribution in [0.4, 0.5) is 0 Å². The lowest BCUT2D eigenvalue weighted by atomic mass is 10.1. The van der Waals surface area contributed by atoms with Crippen LogP contribution in [0.5, 0.6) is 5.75 Å². The minimum atomic E-state index is -2.61. The maximum Gasteiger partial charge on any atom is 0.171 e. The average molecular weight is 300 g/mol. The molecular weight excluding hydrogens is 284 g/mol. The number of nitrogens with zero attached hydrogens (tertiary/aromatic N) is 2. The molecule has 0 bridgehead atoms. The first-order valence-electron chi connectivity index (χ1n) is 6.37. The van der Waals surface area contributed by atoms with Crippen molar-refractivity contribution in [3.05, 3.63) is 60.2 Å². The van der Waals surface area contributed by atoms with E-state index in [9.17, 15) is 9.47 Å². The number of ether oxygens (including phenoxy) is 1. The fourth-order valence-electron chi connectivity index (χ4n) is 1.88. The molecule has 0 spiro atoms. The monoisotopic (exact) mass is 300 g/mol. The Morgan fingerprint density at radius 2 is 1.76 bits per heavy atom. The molecule has 2 rings (SSSR count). The SMILES string of the molecule is COc1ccc(C(C#N)N=S(C)(=O)c2ccccc2)cc1. The van der Waals surface area contributed by atoms with Crippen LogP contribution >= 0.6 is 0 Å². The van der Waals surface area contributed by atoms with Gasteiger partial charge >= 0.3 is 0 Å². The molecule has 0 aliphatic carbocycles. The van der Waals surface area contributed by atoms with Crippen LogP contribution in [0.15, 0.2) is 63.9 Å². The second kappa shape index (κ2) is 6.42. The van der Waals surface area contributed by atoms with Crippen LogP contribution in [0.2, 0.25) is 0 Å².